The normalized spacial score (nSPS) is 10.4. The second kappa shape index (κ2) is 6.86. The fourth-order valence-corrected chi connectivity index (χ4v) is 2.15. The molecule has 3 rings (SSSR count). The molecule has 0 atom stereocenters. The second-order valence-corrected chi connectivity index (χ2v) is 5.13. The number of hydrogen-bond acceptors (Lipinski definition) is 6. The summed E-state index contributed by atoms with van der Waals surface area (Å²) in [5.41, 5.74) is 1.84. The lowest BCUT2D eigenvalue weighted by molar-refractivity contribution is -0.118. The van der Waals surface area contributed by atoms with Gasteiger partial charge in [-0.2, -0.15) is 5.10 Å². The topological polar surface area (TPSA) is 94.8 Å². The van der Waals surface area contributed by atoms with Crippen molar-refractivity contribution in [2.24, 2.45) is 0 Å². The highest BCUT2D eigenvalue weighted by Gasteiger charge is 2.09. The van der Waals surface area contributed by atoms with Gasteiger partial charge in [0.2, 0.25) is 0 Å². The van der Waals surface area contributed by atoms with E-state index in [1.165, 1.54) is 6.33 Å². The summed E-state index contributed by atoms with van der Waals surface area (Å²) in [5, 5.41) is 7.03. The van der Waals surface area contributed by atoms with E-state index in [-0.39, 0.29) is 12.5 Å². The maximum atomic E-state index is 12.0. The molecule has 0 bridgehead atoms. The molecule has 0 radical (unpaired) electrons. The summed E-state index contributed by atoms with van der Waals surface area (Å²) in [4.78, 5) is 24.1. The first-order valence-electron chi connectivity index (χ1n) is 7.30. The molecule has 8 nitrogen and oxygen atoms in total. The average Bonchev–Trinajstić information content (AvgIpc) is 2.93. The standard InChI is InChI=1S/C16H16N6O2/c1-11-6-12(2)22(21-11)15-7-14(18-10-19-15)20-16(23)9-24-13-4-3-5-17-8-13/h3-8,10H,9H2,1-2H3,(H,18,19,20,23). The van der Waals surface area contributed by atoms with E-state index in [2.05, 4.69) is 25.4 Å². The minimum absolute atomic E-state index is 0.134. The van der Waals surface area contributed by atoms with Gasteiger partial charge in [0.1, 0.15) is 17.9 Å². The highest BCUT2D eigenvalue weighted by atomic mass is 16.5. The Labute approximate surface area is 138 Å². The summed E-state index contributed by atoms with van der Waals surface area (Å²) >= 11 is 0. The predicted octanol–water partition coefficient (Wildman–Crippen LogP) is 1.69. The van der Waals surface area contributed by atoms with Gasteiger partial charge in [-0.1, -0.05) is 0 Å². The third kappa shape index (κ3) is 3.72. The van der Waals surface area contributed by atoms with E-state index in [9.17, 15) is 4.79 Å². The molecule has 3 heterocycles. The zero-order chi connectivity index (χ0) is 16.9. The van der Waals surface area contributed by atoms with Crippen LogP contribution in [0.5, 0.6) is 5.75 Å². The zero-order valence-corrected chi connectivity index (χ0v) is 13.3. The minimum atomic E-state index is -0.322. The molecule has 0 aromatic carbocycles. The number of ether oxygens (including phenoxy) is 1. The molecule has 1 amide bonds. The number of aryl methyl sites for hydroxylation is 2. The van der Waals surface area contributed by atoms with Crippen molar-refractivity contribution in [3.05, 3.63) is 54.4 Å². The molecular formula is C16H16N6O2. The van der Waals surface area contributed by atoms with Gasteiger partial charge >= 0.3 is 0 Å². The van der Waals surface area contributed by atoms with E-state index >= 15 is 0 Å². The van der Waals surface area contributed by atoms with Crippen LogP contribution in [0, 0.1) is 13.8 Å². The molecule has 0 saturated carbocycles. The molecule has 0 aliphatic carbocycles. The third-order valence-corrected chi connectivity index (χ3v) is 3.15. The molecule has 0 saturated heterocycles. The molecule has 8 heteroatoms. The van der Waals surface area contributed by atoms with Crippen LogP contribution in [0.4, 0.5) is 5.82 Å². The number of hydrogen-bond donors (Lipinski definition) is 1. The molecule has 122 valence electrons. The van der Waals surface area contributed by atoms with E-state index in [0.29, 0.717) is 17.4 Å². The second-order valence-electron chi connectivity index (χ2n) is 5.13. The van der Waals surface area contributed by atoms with Crippen LogP contribution in [0.3, 0.4) is 0 Å². The van der Waals surface area contributed by atoms with Crippen molar-refractivity contribution >= 4 is 11.7 Å². The predicted molar refractivity (Wildman–Crippen MR) is 87.0 cm³/mol. The Morgan fingerprint density at radius 2 is 2.17 bits per heavy atom. The number of carbonyl (C=O) groups excluding carboxylic acids is 1. The summed E-state index contributed by atoms with van der Waals surface area (Å²) < 4.78 is 7.04. The maximum Gasteiger partial charge on any atom is 0.263 e. The van der Waals surface area contributed by atoms with Gasteiger partial charge in [0.05, 0.1) is 11.9 Å². The Bertz CT molecular complexity index is 847. The number of amides is 1. The van der Waals surface area contributed by atoms with Gasteiger partial charge in [0, 0.05) is 18.0 Å². The van der Waals surface area contributed by atoms with Crippen LogP contribution < -0.4 is 10.1 Å². The quantitative estimate of drug-likeness (QED) is 0.767. The van der Waals surface area contributed by atoms with Crippen molar-refractivity contribution in [3.8, 4) is 11.6 Å². The van der Waals surface area contributed by atoms with Crippen LogP contribution in [-0.2, 0) is 4.79 Å². The Morgan fingerprint density at radius 1 is 1.29 bits per heavy atom. The fourth-order valence-electron chi connectivity index (χ4n) is 2.15. The van der Waals surface area contributed by atoms with Gasteiger partial charge in [-0.25, -0.2) is 14.6 Å². The van der Waals surface area contributed by atoms with Gasteiger partial charge in [-0.3, -0.25) is 9.78 Å². The highest BCUT2D eigenvalue weighted by Crippen LogP contribution is 2.12. The molecule has 0 fully saturated rings. The number of carbonyl (C=O) groups is 1. The summed E-state index contributed by atoms with van der Waals surface area (Å²) in [6.45, 7) is 3.70. The van der Waals surface area contributed by atoms with Crippen molar-refractivity contribution in [1.82, 2.24) is 24.7 Å². The molecule has 1 N–H and O–H groups in total. The van der Waals surface area contributed by atoms with E-state index in [1.807, 2.05) is 19.9 Å². The summed E-state index contributed by atoms with van der Waals surface area (Å²) in [5.74, 6) is 1.17. The number of anilines is 1. The van der Waals surface area contributed by atoms with Crippen molar-refractivity contribution in [2.75, 3.05) is 11.9 Å². The molecule has 24 heavy (non-hydrogen) atoms. The molecular weight excluding hydrogens is 308 g/mol. The van der Waals surface area contributed by atoms with Crippen molar-refractivity contribution in [1.29, 1.82) is 0 Å². The lowest BCUT2D eigenvalue weighted by Gasteiger charge is -2.08. The van der Waals surface area contributed by atoms with E-state index in [1.54, 1.807) is 35.3 Å². The van der Waals surface area contributed by atoms with Gasteiger partial charge in [-0.05, 0) is 32.0 Å². The number of rotatable bonds is 5. The Hall–Kier alpha value is -3.29. The zero-order valence-electron chi connectivity index (χ0n) is 13.3. The first kappa shape index (κ1) is 15.6. The SMILES string of the molecule is Cc1cc(C)n(-c2cc(NC(=O)COc3cccnc3)ncn2)n1. The van der Waals surface area contributed by atoms with Crippen molar-refractivity contribution < 1.29 is 9.53 Å². The van der Waals surface area contributed by atoms with Crippen molar-refractivity contribution in [3.63, 3.8) is 0 Å². The van der Waals surface area contributed by atoms with Gasteiger partial charge in [0.15, 0.2) is 12.4 Å². The van der Waals surface area contributed by atoms with Gasteiger partial charge < -0.3 is 10.1 Å². The maximum absolute atomic E-state index is 12.0. The van der Waals surface area contributed by atoms with Crippen LogP contribution in [0.15, 0.2) is 43.0 Å². The number of aromatic nitrogens is 5. The smallest absolute Gasteiger partial charge is 0.263 e. The molecule has 0 aliphatic rings. The van der Waals surface area contributed by atoms with Crippen LogP contribution in [-0.4, -0.2) is 37.2 Å². The Kier molecular flexibility index (Phi) is 4.46. The summed E-state index contributed by atoms with van der Waals surface area (Å²) in [6.07, 6.45) is 4.55. The largest absolute Gasteiger partial charge is 0.482 e. The van der Waals surface area contributed by atoms with Crippen LogP contribution in [0.2, 0.25) is 0 Å². The summed E-state index contributed by atoms with van der Waals surface area (Å²) in [6, 6.07) is 7.06. The monoisotopic (exact) mass is 324 g/mol. The number of pyridine rings is 1. The van der Waals surface area contributed by atoms with Gasteiger partial charge in [0.25, 0.3) is 5.91 Å². The molecule has 3 aromatic heterocycles. The van der Waals surface area contributed by atoms with Crippen molar-refractivity contribution in [2.45, 2.75) is 13.8 Å². The average molecular weight is 324 g/mol. The Morgan fingerprint density at radius 3 is 2.88 bits per heavy atom. The Balaban J connectivity index is 1.66. The lowest BCUT2D eigenvalue weighted by Crippen LogP contribution is -2.21. The van der Waals surface area contributed by atoms with Gasteiger partial charge in [-0.15, -0.1) is 0 Å². The molecule has 0 aliphatic heterocycles. The molecule has 0 spiro atoms. The third-order valence-electron chi connectivity index (χ3n) is 3.15. The highest BCUT2D eigenvalue weighted by molar-refractivity contribution is 5.91. The summed E-state index contributed by atoms with van der Waals surface area (Å²) in [7, 11) is 0. The molecule has 0 unspecified atom stereocenters. The number of nitrogens with one attached hydrogen (secondary N) is 1. The van der Waals surface area contributed by atoms with E-state index in [4.69, 9.17) is 4.74 Å². The lowest BCUT2D eigenvalue weighted by atomic mass is 10.4. The van der Waals surface area contributed by atoms with Crippen LogP contribution in [0.1, 0.15) is 11.4 Å². The fraction of sp³-hybridized carbons (Fsp3) is 0.188. The first-order chi connectivity index (χ1) is 11.6. The van der Waals surface area contributed by atoms with E-state index < -0.39 is 0 Å². The number of nitrogens with zero attached hydrogens (tertiary/aromatic N) is 5. The van der Waals surface area contributed by atoms with E-state index in [0.717, 1.165) is 11.4 Å². The van der Waals surface area contributed by atoms with Crippen LogP contribution >= 0.6 is 0 Å². The first-order valence-corrected chi connectivity index (χ1v) is 7.30. The minimum Gasteiger partial charge on any atom is -0.482 e. The molecule has 3 aromatic rings. The van der Waals surface area contributed by atoms with Crippen LogP contribution in [0.25, 0.3) is 5.82 Å².